The first kappa shape index (κ1) is 14.3. The van der Waals surface area contributed by atoms with Gasteiger partial charge in [0.25, 0.3) is 0 Å². The van der Waals surface area contributed by atoms with Crippen molar-refractivity contribution in [2.75, 3.05) is 25.1 Å². The van der Waals surface area contributed by atoms with Gasteiger partial charge in [-0.2, -0.15) is 0 Å². The summed E-state index contributed by atoms with van der Waals surface area (Å²) >= 11 is 0. The van der Waals surface area contributed by atoms with E-state index in [2.05, 4.69) is 48.2 Å². The second-order valence-electron chi connectivity index (χ2n) is 5.56. The molecule has 4 heteroatoms. The highest BCUT2D eigenvalue weighted by Gasteiger charge is 2.17. The Kier molecular flexibility index (Phi) is 5.16. The molecule has 19 heavy (non-hydrogen) atoms. The van der Waals surface area contributed by atoms with E-state index in [-0.39, 0.29) is 0 Å². The Balaban J connectivity index is 1.92. The molecular weight excluding hydrogens is 238 g/mol. The average molecular weight is 263 g/mol. The summed E-state index contributed by atoms with van der Waals surface area (Å²) in [4.78, 5) is 6.67. The molecule has 0 saturated carbocycles. The van der Waals surface area contributed by atoms with Crippen molar-refractivity contribution in [2.24, 2.45) is 0 Å². The molecule has 1 fully saturated rings. The van der Waals surface area contributed by atoms with Crippen molar-refractivity contribution in [1.29, 1.82) is 0 Å². The molecule has 1 N–H and O–H groups in total. The molecule has 1 unspecified atom stereocenters. The maximum atomic E-state index is 5.68. The van der Waals surface area contributed by atoms with E-state index in [4.69, 9.17) is 4.74 Å². The van der Waals surface area contributed by atoms with Gasteiger partial charge in [0.2, 0.25) is 0 Å². The average Bonchev–Trinajstić information content (AvgIpc) is 2.89. The van der Waals surface area contributed by atoms with Crippen LogP contribution in [0.4, 0.5) is 5.69 Å². The SMILES string of the molecule is CC(C)NCc1cc(N(C)CC2CCCO2)ccn1. The van der Waals surface area contributed by atoms with Crippen LogP contribution >= 0.6 is 0 Å². The van der Waals surface area contributed by atoms with Crippen molar-refractivity contribution >= 4 is 5.69 Å². The van der Waals surface area contributed by atoms with E-state index >= 15 is 0 Å². The third-order valence-electron chi connectivity index (χ3n) is 3.43. The zero-order chi connectivity index (χ0) is 13.7. The van der Waals surface area contributed by atoms with Crippen molar-refractivity contribution < 1.29 is 4.74 Å². The molecule has 0 spiro atoms. The Hall–Kier alpha value is -1.13. The van der Waals surface area contributed by atoms with Crippen LogP contribution in [0.3, 0.4) is 0 Å². The quantitative estimate of drug-likeness (QED) is 0.854. The van der Waals surface area contributed by atoms with Gasteiger partial charge in [-0.3, -0.25) is 4.98 Å². The minimum atomic E-state index is 0.385. The summed E-state index contributed by atoms with van der Waals surface area (Å²) < 4.78 is 5.68. The van der Waals surface area contributed by atoms with Crippen molar-refractivity contribution in [3.8, 4) is 0 Å². The molecule has 2 heterocycles. The third-order valence-corrected chi connectivity index (χ3v) is 3.43. The molecule has 0 aromatic carbocycles. The highest BCUT2D eigenvalue weighted by Crippen LogP contribution is 2.18. The summed E-state index contributed by atoms with van der Waals surface area (Å²) in [6.07, 6.45) is 4.64. The standard InChI is InChI=1S/C15H25N3O/c1-12(2)17-10-13-9-14(6-7-16-13)18(3)11-15-5-4-8-19-15/h6-7,9,12,15,17H,4-5,8,10-11H2,1-3H3. The number of pyridine rings is 1. The summed E-state index contributed by atoms with van der Waals surface area (Å²) in [5, 5.41) is 3.40. The van der Waals surface area contributed by atoms with Gasteiger partial charge in [-0.15, -0.1) is 0 Å². The number of likely N-dealkylation sites (N-methyl/N-ethyl adjacent to an activating group) is 1. The number of hydrogen-bond acceptors (Lipinski definition) is 4. The number of anilines is 1. The number of ether oxygens (including phenoxy) is 1. The lowest BCUT2D eigenvalue weighted by atomic mass is 10.2. The Labute approximate surface area is 116 Å². The van der Waals surface area contributed by atoms with E-state index < -0.39 is 0 Å². The van der Waals surface area contributed by atoms with E-state index in [0.29, 0.717) is 12.1 Å². The molecular formula is C15H25N3O. The predicted molar refractivity (Wildman–Crippen MR) is 78.5 cm³/mol. The second-order valence-corrected chi connectivity index (χ2v) is 5.56. The Morgan fingerprint density at radius 3 is 3.05 bits per heavy atom. The molecule has 1 saturated heterocycles. The highest BCUT2D eigenvalue weighted by atomic mass is 16.5. The Morgan fingerprint density at radius 2 is 2.37 bits per heavy atom. The van der Waals surface area contributed by atoms with E-state index in [1.165, 1.54) is 18.5 Å². The molecule has 0 aliphatic carbocycles. The van der Waals surface area contributed by atoms with Gasteiger partial charge < -0.3 is 15.0 Å². The molecule has 1 aliphatic rings. The van der Waals surface area contributed by atoms with Gasteiger partial charge in [-0.25, -0.2) is 0 Å². The van der Waals surface area contributed by atoms with Gasteiger partial charge >= 0.3 is 0 Å². The molecule has 1 aromatic rings. The Bertz CT molecular complexity index is 389. The molecule has 0 bridgehead atoms. The van der Waals surface area contributed by atoms with Gasteiger partial charge in [0.15, 0.2) is 0 Å². The number of nitrogens with one attached hydrogen (secondary N) is 1. The molecule has 1 aromatic heterocycles. The lowest BCUT2D eigenvalue weighted by Crippen LogP contribution is -2.29. The molecule has 0 amide bonds. The van der Waals surface area contributed by atoms with Crippen LogP contribution < -0.4 is 10.2 Å². The van der Waals surface area contributed by atoms with E-state index in [9.17, 15) is 0 Å². The monoisotopic (exact) mass is 263 g/mol. The molecule has 0 radical (unpaired) electrons. The zero-order valence-corrected chi connectivity index (χ0v) is 12.2. The van der Waals surface area contributed by atoms with Crippen LogP contribution in [-0.2, 0) is 11.3 Å². The fourth-order valence-corrected chi connectivity index (χ4v) is 2.31. The van der Waals surface area contributed by atoms with E-state index in [1.807, 2.05) is 6.20 Å². The maximum absolute atomic E-state index is 5.68. The first-order valence-electron chi connectivity index (χ1n) is 7.16. The van der Waals surface area contributed by atoms with Crippen LogP contribution in [-0.4, -0.2) is 37.3 Å². The first-order valence-corrected chi connectivity index (χ1v) is 7.16. The van der Waals surface area contributed by atoms with Gasteiger partial charge in [0, 0.05) is 44.7 Å². The van der Waals surface area contributed by atoms with Gasteiger partial charge in [-0.1, -0.05) is 13.8 Å². The normalized spacial score (nSPS) is 19.1. The summed E-state index contributed by atoms with van der Waals surface area (Å²) in [7, 11) is 2.12. The summed E-state index contributed by atoms with van der Waals surface area (Å²) in [6, 6.07) is 4.70. The fraction of sp³-hybridized carbons (Fsp3) is 0.667. The molecule has 1 atom stereocenters. The maximum Gasteiger partial charge on any atom is 0.0750 e. The fourth-order valence-electron chi connectivity index (χ4n) is 2.31. The lowest BCUT2D eigenvalue weighted by Gasteiger charge is -2.23. The van der Waals surface area contributed by atoms with Crippen molar-refractivity contribution in [2.45, 2.75) is 45.4 Å². The van der Waals surface area contributed by atoms with E-state index in [1.54, 1.807) is 0 Å². The number of aromatic nitrogens is 1. The van der Waals surface area contributed by atoms with Crippen LogP contribution in [0, 0.1) is 0 Å². The van der Waals surface area contributed by atoms with Crippen LogP contribution in [0.2, 0.25) is 0 Å². The molecule has 2 rings (SSSR count). The van der Waals surface area contributed by atoms with Gasteiger partial charge in [0.05, 0.1) is 11.8 Å². The lowest BCUT2D eigenvalue weighted by molar-refractivity contribution is 0.116. The van der Waals surface area contributed by atoms with Crippen molar-refractivity contribution in [3.63, 3.8) is 0 Å². The molecule has 1 aliphatic heterocycles. The third kappa shape index (κ3) is 4.48. The zero-order valence-electron chi connectivity index (χ0n) is 12.2. The predicted octanol–water partition coefficient (Wildman–Crippen LogP) is 2.19. The largest absolute Gasteiger partial charge is 0.376 e. The number of rotatable bonds is 6. The summed E-state index contributed by atoms with van der Waals surface area (Å²) in [6.45, 7) is 6.99. The van der Waals surface area contributed by atoms with Crippen LogP contribution in [0.25, 0.3) is 0 Å². The molecule has 4 nitrogen and oxygen atoms in total. The topological polar surface area (TPSA) is 37.4 Å². The van der Waals surface area contributed by atoms with Crippen LogP contribution in [0.1, 0.15) is 32.4 Å². The molecule has 106 valence electrons. The van der Waals surface area contributed by atoms with E-state index in [0.717, 1.165) is 25.4 Å². The minimum absolute atomic E-state index is 0.385. The Morgan fingerprint density at radius 1 is 1.53 bits per heavy atom. The van der Waals surface area contributed by atoms with Crippen molar-refractivity contribution in [3.05, 3.63) is 24.0 Å². The summed E-state index contributed by atoms with van der Waals surface area (Å²) in [5.74, 6) is 0. The smallest absolute Gasteiger partial charge is 0.0750 e. The van der Waals surface area contributed by atoms with Crippen LogP contribution in [0.5, 0.6) is 0 Å². The summed E-state index contributed by atoms with van der Waals surface area (Å²) in [5.41, 5.74) is 2.30. The van der Waals surface area contributed by atoms with Crippen LogP contribution in [0.15, 0.2) is 18.3 Å². The van der Waals surface area contributed by atoms with Gasteiger partial charge in [0.1, 0.15) is 0 Å². The van der Waals surface area contributed by atoms with Crippen molar-refractivity contribution in [1.82, 2.24) is 10.3 Å². The highest BCUT2D eigenvalue weighted by molar-refractivity contribution is 5.45. The minimum Gasteiger partial charge on any atom is -0.376 e. The second kappa shape index (κ2) is 6.87. The number of nitrogens with zero attached hydrogens (tertiary/aromatic N) is 2. The van der Waals surface area contributed by atoms with Gasteiger partial charge in [-0.05, 0) is 25.0 Å². The first-order chi connectivity index (χ1) is 9.15. The number of hydrogen-bond donors (Lipinski definition) is 1.